The third kappa shape index (κ3) is 3.02. The molecule has 1 saturated carbocycles. The second kappa shape index (κ2) is 5.14. The summed E-state index contributed by atoms with van der Waals surface area (Å²) in [4.78, 5) is 10.1. The molecule has 2 rings (SSSR count). The van der Waals surface area contributed by atoms with Gasteiger partial charge in [0.1, 0.15) is 5.69 Å². The van der Waals surface area contributed by atoms with E-state index in [4.69, 9.17) is 0 Å². The van der Waals surface area contributed by atoms with Gasteiger partial charge in [0.05, 0.1) is 4.92 Å². The summed E-state index contributed by atoms with van der Waals surface area (Å²) in [5, 5.41) is 13.7. The highest BCUT2D eigenvalue weighted by atomic mass is 32.2. The molecule has 0 atom stereocenters. The molecular formula is C11H15N3O4S. The van der Waals surface area contributed by atoms with E-state index in [2.05, 4.69) is 10.0 Å². The molecule has 1 aliphatic rings. The molecule has 0 saturated heterocycles. The average molecular weight is 285 g/mol. The van der Waals surface area contributed by atoms with Crippen molar-refractivity contribution >= 4 is 21.4 Å². The number of rotatable bonds is 6. The number of anilines is 1. The molecule has 0 radical (unpaired) electrons. The van der Waals surface area contributed by atoms with Crippen LogP contribution < -0.4 is 10.0 Å². The van der Waals surface area contributed by atoms with Crippen LogP contribution in [0.2, 0.25) is 0 Å². The molecule has 0 spiro atoms. The first-order valence-corrected chi connectivity index (χ1v) is 7.39. The number of para-hydroxylation sites is 1. The highest BCUT2D eigenvalue weighted by Crippen LogP contribution is 2.32. The summed E-state index contributed by atoms with van der Waals surface area (Å²) >= 11 is 0. The Labute approximate surface area is 111 Å². The minimum absolute atomic E-state index is 0.180. The van der Waals surface area contributed by atoms with Crippen LogP contribution in [0.1, 0.15) is 12.8 Å². The fraction of sp³-hybridized carbons (Fsp3) is 0.455. The Morgan fingerprint density at radius 3 is 2.63 bits per heavy atom. The molecule has 0 bridgehead atoms. The fourth-order valence-electron chi connectivity index (χ4n) is 1.76. The van der Waals surface area contributed by atoms with Gasteiger partial charge in [-0.1, -0.05) is 6.07 Å². The van der Waals surface area contributed by atoms with Crippen LogP contribution in [0.5, 0.6) is 0 Å². The van der Waals surface area contributed by atoms with Gasteiger partial charge in [0.2, 0.25) is 10.0 Å². The van der Waals surface area contributed by atoms with E-state index < -0.39 is 20.6 Å². The van der Waals surface area contributed by atoms with Crippen LogP contribution in [-0.4, -0.2) is 26.9 Å². The molecule has 7 nitrogen and oxygen atoms in total. The summed E-state index contributed by atoms with van der Waals surface area (Å²) in [5.74, 6) is 0.362. The van der Waals surface area contributed by atoms with Crippen molar-refractivity contribution in [1.82, 2.24) is 4.72 Å². The molecule has 0 aliphatic heterocycles. The van der Waals surface area contributed by atoms with Crippen molar-refractivity contribution in [2.45, 2.75) is 17.7 Å². The molecule has 2 N–H and O–H groups in total. The lowest BCUT2D eigenvalue weighted by Gasteiger charge is -2.09. The van der Waals surface area contributed by atoms with Crippen molar-refractivity contribution in [3.8, 4) is 0 Å². The Kier molecular flexibility index (Phi) is 3.72. The van der Waals surface area contributed by atoms with Crippen molar-refractivity contribution < 1.29 is 13.3 Å². The zero-order valence-electron chi connectivity index (χ0n) is 10.4. The Morgan fingerprint density at radius 2 is 2.11 bits per heavy atom. The molecule has 8 heteroatoms. The molecule has 0 heterocycles. The van der Waals surface area contributed by atoms with Gasteiger partial charge in [-0.25, -0.2) is 13.1 Å². The van der Waals surface area contributed by atoms with Gasteiger partial charge in [-0.2, -0.15) is 0 Å². The second-order valence-corrected chi connectivity index (χ2v) is 6.19. The fourth-order valence-corrected chi connectivity index (χ4v) is 3.06. The third-order valence-electron chi connectivity index (χ3n) is 3.00. The van der Waals surface area contributed by atoms with Gasteiger partial charge in [-0.05, 0) is 30.9 Å². The third-order valence-corrected chi connectivity index (χ3v) is 4.45. The van der Waals surface area contributed by atoms with Crippen molar-refractivity contribution in [2.24, 2.45) is 5.92 Å². The predicted octanol–water partition coefficient (Wildman–Crippen LogP) is 1.32. The van der Waals surface area contributed by atoms with Crippen LogP contribution in [0.3, 0.4) is 0 Å². The lowest BCUT2D eigenvalue weighted by molar-refractivity contribution is -0.386. The van der Waals surface area contributed by atoms with Crippen LogP contribution >= 0.6 is 0 Å². The highest BCUT2D eigenvalue weighted by molar-refractivity contribution is 7.89. The van der Waals surface area contributed by atoms with Crippen molar-refractivity contribution in [3.63, 3.8) is 0 Å². The van der Waals surface area contributed by atoms with Crippen LogP contribution in [0.15, 0.2) is 23.1 Å². The van der Waals surface area contributed by atoms with E-state index in [-0.39, 0.29) is 10.6 Å². The van der Waals surface area contributed by atoms with Gasteiger partial charge in [-0.15, -0.1) is 0 Å². The Bertz CT molecular complexity index is 596. The Balaban J connectivity index is 2.39. The first-order chi connectivity index (χ1) is 8.95. The van der Waals surface area contributed by atoms with E-state index in [0.717, 1.165) is 12.8 Å². The zero-order valence-corrected chi connectivity index (χ0v) is 11.2. The van der Waals surface area contributed by atoms with Gasteiger partial charge in [0.15, 0.2) is 4.90 Å². The number of hydrogen-bond acceptors (Lipinski definition) is 5. The first-order valence-electron chi connectivity index (χ1n) is 5.90. The average Bonchev–Trinajstić information content (AvgIpc) is 3.19. The highest BCUT2D eigenvalue weighted by Gasteiger charge is 2.30. The summed E-state index contributed by atoms with van der Waals surface area (Å²) in [6.07, 6.45) is 2.00. The molecule has 1 aliphatic carbocycles. The number of hydrogen-bond donors (Lipinski definition) is 2. The lowest BCUT2D eigenvalue weighted by atomic mass is 10.3. The van der Waals surface area contributed by atoms with Gasteiger partial charge >= 0.3 is 5.69 Å². The van der Waals surface area contributed by atoms with E-state index >= 15 is 0 Å². The number of benzene rings is 1. The SMILES string of the molecule is CNc1cccc(S(=O)(=O)NCC2CC2)c1[N+](=O)[O-]. The Hall–Kier alpha value is -1.67. The zero-order chi connectivity index (χ0) is 14.0. The van der Waals surface area contributed by atoms with Gasteiger partial charge < -0.3 is 5.32 Å². The van der Waals surface area contributed by atoms with E-state index in [0.29, 0.717) is 12.5 Å². The molecule has 104 valence electrons. The molecule has 1 fully saturated rings. The largest absolute Gasteiger partial charge is 0.383 e. The first kappa shape index (κ1) is 13.8. The van der Waals surface area contributed by atoms with Crippen LogP contribution in [0.4, 0.5) is 11.4 Å². The van der Waals surface area contributed by atoms with Crippen molar-refractivity contribution in [1.29, 1.82) is 0 Å². The van der Waals surface area contributed by atoms with Crippen LogP contribution in [-0.2, 0) is 10.0 Å². The maximum Gasteiger partial charge on any atom is 0.312 e. The molecule has 1 aromatic rings. The molecule has 19 heavy (non-hydrogen) atoms. The minimum atomic E-state index is -3.86. The Morgan fingerprint density at radius 1 is 1.42 bits per heavy atom. The number of sulfonamides is 1. The number of nitrogens with zero attached hydrogens (tertiary/aromatic N) is 1. The minimum Gasteiger partial charge on any atom is -0.383 e. The van der Waals surface area contributed by atoms with Gasteiger partial charge in [-0.3, -0.25) is 10.1 Å². The summed E-state index contributed by atoms with van der Waals surface area (Å²) in [7, 11) is -2.35. The van der Waals surface area contributed by atoms with E-state index in [1.165, 1.54) is 25.2 Å². The van der Waals surface area contributed by atoms with Crippen LogP contribution in [0.25, 0.3) is 0 Å². The summed E-state index contributed by atoms with van der Waals surface area (Å²) in [6, 6.07) is 4.19. The smallest absolute Gasteiger partial charge is 0.312 e. The number of nitrogens with one attached hydrogen (secondary N) is 2. The summed E-state index contributed by atoms with van der Waals surface area (Å²) < 4.78 is 26.7. The quantitative estimate of drug-likeness (QED) is 0.606. The second-order valence-electron chi connectivity index (χ2n) is 4.45. The van der Waals surface area contributed by atoms with Gasteiger partial charge in [0, 0.05) is 13.6 Å². The van der Waals surface area contributed by atoms with E-state index in [1.807, 2.05) is 0 Å². The maximum absolute atomic E-state index is 12.1. The van der Waals surface area contributed by atoms with Crippen molar-refractivity contribution in [2.75, 3.05) is 18.9 Å². The topological polar surface area (TPSA) is 101 Å². The van der Waals surface area contributed by atoms with Gasteiger partial charge in [0.25, 0.3) is 0 Å². The number of nitro groups is 1. The maximum atomic E-state index is 12.1. The summed E-state index contributed by atoms with van der Waals surface area (Å²) in [6.45, 7) is 0.337. The van der Waals surface area contributed by atoms with E-state index in [1.54, 1.807) is 0 Å². The monoisotopic (exact) mass is 285 g/mol. The van der Waals surface area contributed by atoms with E-state index in [9.17, 15) is 18.5 Å². The van der Waals surface area contributed by atoms with Crippen molar-refractivity contribution in [3.05, 3.63) is 28.3 Å². The lowest BCUT2D eigenvalue weighted by Crippen LogP contribution is -2.26. The normalized spacial score (nSPS) is 15.2. The number of nitro benzene ring substituents is 1. The predicted molar refractivity (Wildman–Crippen MR) is 70.6 cm³/mol. The molecule has 0 aromatic heterocycles. The molecular weight excluding hydrogens is 270 g/mol. The summed E-state index contributed by atoms with van der Waals surface area (Å²) in [5.41, 5.74) is -0.243. The molecule has 0 amide bonds. The standard InChI is InChI=1S/C11H15N3O4S/c1-12-9-3-2-4-10(11(9)14(15)16)19(17,18)13-7-8-5-6-8/h2-4,8,12-13H,5-7H2,1H3. The molecule has 1 aromatic carbocycles. The molecule has 0 unspecified atom stereocenters. The van der Waals surface area contributed by atoms with Crippen LogP contribution in [0, 0.1) is 16.0 Å².